The number of rotatable bonds is 8. The third kappa shape index (κ3) is 6.25. The van der Waals surface area contributed by atoms with Gasteiger partial charge in [-0.15, -0.1) is 0 Å². The number of hydrogen-bond donors (Lipinski definition) is 3. The number of furan rings is 1. The summed E-state index contributed by atoms with van der Waals surface area (Å²) in [6.07, 6.45) is 2.56. The highest BCUT2D eigenvalue weighted by atomic mass is 16.4. The average Bonchev–Trinajstić information content (AvgIpc) is 2.89. The predicted octanol–water partition coefficient (Wildman–Crippen LogP) is 0.381. The molecule has 0 saturated carbocycles. The van der Waals surface area contributed by atoms with E-state index in [-0.39, 0.29) is 24.6 Å². The van der Waals surface area contributed by atoms with Crippen LogP contribution < -0.4 is 10.6 Å². The zero-order chi connectivity index (χ0) is 14.1. The van der Waals surface area contributed by atoms with Gasteiger partial charge in [-0.05, 0) is 25.0 Å². The molecule has 0 aliphatic heterocycles. The highest BCUT2D eigenvalue weighted by Gasteiger charge is 2.09. The SMILES string of the molecule is O=C(O)CCCCNC(=O)CNC(=O)c1ccco1. The second kappa shape index (κ2) is 7.91. The Kier molecular flexibility index (Phi) is 6.14. The van der Waals surface area contributed by atoms with Crippen LogP contribution in [0, 0.1) is 0 Å². The lowest BCUT2D eigenvalue weighted by Crippen LogP contribution is -2.37. The van der Waals surface area contributed by atoms with Crippen LogP contribution in [0.5, 0.6) is 0 Å². The third-order valence-electron chi connectivity index (χ3n) is 2.29. The molecule has 0 fully saturated rings. The molecule has 0 atom stereocenters. The second-order valence-corrected chi connectivity index (χ2v) is 3.86. The van der Waals surface area contributed by atoms with Gasteiger partial charge in [-0.25, -0.2) is 0 Å². The predicted molar refractivity (Wildman–Crippen MR) is 65.5 cm³/mol. The van der Waals surface area contributed by atoms with Crippen molar-refractivity contribution in [3.05, 3.63) is 24.2 Å². The molecule has 0 aliphatic carbocycles. The Morgan fingerprint density at radius 1 is 1.21 bits per heavy atom. The molecule has 0 aromatic carbocycles. The van der Waals surface area contributed by atoms with Crippen LogP contribution in [0.4, 0.5) is 0 Å². The van der Waals surface area contributed by atoms with Crippen LogP contribution in [-0.2, 0) is 9.59 Å². The van der Waals surface area contributed by atoms with Crippen LogP contribution in [0.2, 0.25) is 0 Å². The van der Waals surface area contributed by atoms with Crippen LogP contribution in [0.1, 0.15) is 29.8 Å². The van der Waals surface area contributed by atoms with Gasteiger partial charge in [0.15, 0.2) is 5.76 Å². The minimum Gasteiger partial charge on any atom is -0.481 e. The molecule has 19 heavy (non-hydrogen) atoms. The Balaban J connectivity index is 2.08. The quantitative estimate of drug-likeness (QED) is 0.591. The molecule has 0 aliphatic rings. The van der Waals surface area contributed by atoms with E-state index < -0.39 is 11.9 Å². The van der Waals surface area contributed by atoms with Crippen molar-refractivity contribution in [2.75, 3.05) is 13.1 Å². The van der Waals surface area contributed by atoms with Gasteiger partial charge in [0.1, 0.15) is 0 Å². The Morgan fingerprint density at radius 2 is 2.00 bits per heavy atom. The molecule has 0 saturated heterocycles. The van der Waals surface area contributed by atoms with Crippen molar-refractivity contribution in [3.63, 3.8) is 0 Å². The Morgan fingerprint density at radius 3 is 2.63 bits per heavy atom. The van der Waals surface area contributed by atoms with Crippen molar-refractivity contribution < 1.29 is 23.9 Å². The van der Waals surface area contributed by atoms with Gasteiger partial charge in [-0.3, -0.25) is 14.4 Å². The number of amides is 2. The van der Waals surface area contributed by atoms with Crippen molar-refractivity contribution >= 4 is 17.8 Å². The zero-order valence-electron chi connectivity index (χ0n) is 10.3. The van der Waals surface area contributed by atoms with Gasteiger partial charge < -0.3 is 20.2 Å². The lowest BCUT2D eigenvalue weighted by molar-refractivity contribution is -0.137. The maximum Gasteiger partial charge on any atom is 0.303 e. The van der Waals surface area contributed by atoms with Crippen LogP contribution in [0.15, 0.2) is 22.8 Å². The second-order valence-electron chi connectivity index (χ2n) is 3.86. The Bertz CT molecular complexity index is 427. The van der Waals surface area contributed by atoms with E-state index in [1.165, 1.54) is 12.3 Å². The molecule has 104 valence electrons. The van der Waals surface area contributed by atoms with E-state index >= 15 is 0 Å². The monoisotopic (exact) mass is 268 g/mol. The number of carbonyl (C=O) groups is 3. The van der Waals surface area contributed by atoms with Gasteiger partial charge in [0, 0.05) is 13.0 Å². The number of carbonyl (C=O) groups excluding carboxylic acids is 2. The molecular formula is C12H16N2O5. The first-order valence-corrected chi connectivity index (χ1v) is 5.90. The van der Waals surface area contributed by atoms with Gasteiger partial charge in [0.05, 0.1) is 12.8 Å². The van der Waals surface area contributed by atoms with E-state index in [4.69, 9.17) is 9.52 Å². The van der Waals surface area contributed by atoms with E-state index in [1.807, 2.05) is 0 Å². The summed E-state index contributed by atoms with van der Waals surface area (Å²) in [5, 5.41) is 13.4. The summed E-state index contributed by atoms with van der Waals surface area (Å²) in [6, 6.07) is 3.08. The van der Waals surface area contributed by atoms with Crippen molar-refractivity contribution in [3.8, 4) is 0 Å². The Hall–Kier alpha value is -2.31. The molecule has 7 heteroatoms. The normalized spacial score (nSPS) is 9.89. The fourth-order valence-electron chi connectivity index (χ4n) is 1.35. The number of carboxylic acid groups (broad SMARTS) is 1. The summed E-state index contributed by atoms with van der Waals surface area (Å²) in [5.74, 6) is -1.48. The minimum absolute atomic E-state index is 0.0884. The maximum absolute atomic E-state index is 11.4. The molecule has 0 radical (unpaired) electrons. The van der Waals surface area contributed by atoms with E-state index in [1.54, 1.807) is 6.07 Å². The molecule has 1 rings (SSSR count). The van der Waals surface area contributed by atoms with Gasteiger partial charge in [-0.2, -0.15) is 0 Å². The summed E-state index contributed by atoms with van der Waals surface area (Å²) < 4.78 is 4.86. The van der Waals surface area contributed by atoms with Crippen LogP contribution in [-0.4, -0.2) is 36.0 Å². The first kappa shape index (κ1) is 14.7. The summed E-state index contributed by atoms with van der Waals surface area (Å²) in [7, 11) is 0. The molecule has 1 aromatic heterocycles. The number of aliphatic carboxylic acids is 1. The lowest BCUT2D eigenvalue weighted by Gasteiger charge is -2.05. The number of unbranched alkanes of at least 4 members (excludes halogenated alkanes) is 1. The first-order valence-electron chi connectivity index (χ1n) is 5.90. The molecular weight excluding hydrogens is 252 g/mol. The lowest BCUT2D eigenvalue weighted by atomic mass is 10.2. The van der Waals surface area contributed by atoms with Gasteiger partial charge in [-0.1, -0.05) is 0 Å². The number of nitrogens with one attached hydrogen (secondary N) is 2. The first-order chi connectivity index (χ1) is 9.09. The van der Waals surface area contributed by atoms with Crippen LogP contribution >= 0.6 is 0 Å². The van der Waals surface area contributed by atoms with Gasteiger partial charge >= 0.3 is 5.97 Å². The molecule has 0 bridgehead atoms. The summed E-state index contributed by atoms with van der Waals surface area (Å²) in [4.78, 5) is 33.0. The van der Waals surface area contributed by atoms with E-state index in [0.717, 1.165) is 0 Å². The highest BCUT2D eigenvalue weighted by Crippen LogP contribution is 1.98. The van der Waals surface area contributed by atoms with Gasteiger partial charge in [0.25, 0.3) is 5.91 Å². The highest BCUT2D eigenvalue weighted by molar-refractivity contribution is 5.94. The fraction of sp³-hybridized carbons (Fsp3) is 0.417. The number of carboxylic acids is 1. The molecule has 2 amide bonds. The topological polar surface area (TPSA) is 109 Å². The van der Waals surface area contributed by atoms with Gasteiger partial charge in [0.2, 0.25) is 5.91 Å². The smallest absolute Gasteiger partial charge is 0.303 e. The summed E-state index contributed by atoms with van der Waals surface area (Å²) in [6.45, 7) is 0.251. The number of hydrogen-bond acceptors (Lipinski definition) is 4. The van der Waals surface area contributed by atoms with Crippen molar-refractivity contribution in [2.24, 2.45) is 0 Å². The Labute approximate surface area is 110 Å². The zero-order valence-corrected chi connectivity index (χ0v) is 10.3. The standard InChI is InChI=1S/C12H16N2O5/c15-10(13-6-2-1-5-11(16)17)8-14-12(18)9-4-3-7-19-9/h3-4,7H,1-2,5-6,8H2,(H,13,15)(H,14,18)(H,16,17). The molecule has 0 unspecified atom stereocenters. The van der Waals surface area contributed by atoms with Crippen molar-refractivity contribution in [2.45, 2.75) is 19.3 Å². The van der Waals surface area contributed by atoms with Crippen LogP contribution in [0.25, 0.3) is 0 Å². The average molecular weight is 268 g/mol. The van der Waals surface area contributed by atoms with Crippen molar-refractivity contribution in [1.29, 1.82) is 0 Å². The van der Waals surface area contributed by atoms with E-state index in [2.05, 4.69) is 10.6 Å². The molecule has 3 N–H and O–H groups in total. The largest absolute Gasteiger partial charge is 0.481 e. The third-order valence-corrected chi connectivity index (χ3v) is 2.29. The summed E-state index contributed by atoms with van der Waals surface area (Å²) in [5.41, 5.74) is 0. The summed E-state index contributed by atoms with van der Waals surface area (Å²) >= 11 is 0. The molecule has 0 spiro atoms. The van der Waals surface area contributed by atoms with E-state index in [0.29, 0.717) is 19.4 Å². The molecule has 1 heterocycles. The fourth-order valence-corrected chi connectivity index (χ4v) is 1.35. The van der Waals surface area contributed by atoms with E-state index in [9.17, 15) is 14.4 Å². The molecule has 1 aromatic rings. The van der Waals surface area contributed by atoms with Crippen LogP contribution in [0.3, 0.4) is 0 Å². The van der Waals surface area contributed by atoms with Crippen molar-refractivity contribution in [1.82, 2.24) is 10.6 Å². The maximum atomic E-state index is 11.4. The molecule has 7 nitrogen and oxygen atoms in total. The minimum atomic E-state index is -0.850.